The van der Waals surface area contributed by atoms with Gasteiger partial charge in [-0.1, -0.05) is 6.92 Å². The van der Waals surface area contributed by atoms with Gasteiger partial charge in [-0.3, -0.25) is 0 Å². The molecule has 3 saturated carbocycles. The third-order valence-corrected chi connectivity index (χ3v) is 6.98. The Morgan fingerprint density at radius 1 is 1.05 bits per heavy atom. The number of fused-ring (bicyclic) bond motifs is 5. The highest BCUT2D eigenvalue weighted by atomic mass is 15.1. The number of hydrogen-bond donors (Lipinski definition) is 1. The van der Waals surface area contributed by atoms with Gasteiger partial charge in [-0.05, 0) is 88.3 Å². The number of likely N-dealkylation sites (tertiary alicyclic amines) is 1. The van der Waals surface area contributed by atoms with Crippen molar-refractivity contribution < 1.29 is 0 Å². The first-order valence-corrected chi connectivity index (χ1v) is 8.76. The predicted molar refractivity (Wildman–Crippen MR) is 79.0 cm³/mol. The van der Waals surface area contributed by atoms with Gasteiger partial charge in [0.2, 0.25) is 0 Å². The summed E-state index contributed by atoms with van der Waals surface area (Å²) in [7, 11) is 0. The van der Waals surface area contributed by atoms with Crippen LogP contribution in [0.5, 0.6) is 0 Å². The van der Waals surface area contributed by atoms with E-state index in [0.717, 1.165) is 41.7 Å². The zero-order valence-corrected chi connectivity index (χ0v) is 12.6. The molecule has 2 nitrogen and oxygen atoms in total. The predicted octanol–water partition coefficient (Wildman–Crippen LogP) is 2.74. The van der Waals surface area contributed by atoms with Crippen molar-refractivity contribution in [3.05, 3.63) is 0 Å². The van der Waals surface area contributed by atoms with Crippen LogP contribution in [0.25, 0.3) is 0 Å². The molecule has 5 atom stereocenters. The largest absolute Gasteiger partial charge is 0.311 e. The number of hydrogen-bond acceptors (Lipinski definition) is 2. The van der Waals surface area contributed by atoms with Crippen molar-refractivity contribution in [2.75, 3.05) is 19.6 Å². The van der Waals surface area contributed by atoms with E-state index in [2.05, 4.69) is 24.1 Å². The monoisotopic (exact) mass is 262 g/mol. The van der Waals surface area contributed by atoms with Crippen LogP contribution in [0.3, 0.4) is 0 Å². The molecule has 1 aliphatic heterocycles. The molecule has 4 aliphatic rings. The maximum Gasteiger partial charge on any atom is 0.0138 e. The fraction of sp³-hybridized carbons (Fsp3) is 1.00. The fourth-order valence-corrected chi connectivity index (χ4v) is 5.76. The molecule has 4 fully saturated rings. The first-order chi connectivity index (χ1) is 9.28. The summed E-state index contributed by atoms with van der Waals surface area (Å²) in [6.45, 7) is 8.65. The highest BCUT2D eigenvalue weighted by molar-refractivity contribution is 5.17. The summed E-state index contributed by atoms with van der Waals surface area (Å²) in [4.78, 5) is 2.61. The van der Waals surface area contributed by atoms with Gasteiger partial charge in [-0.15, -0.1) is 0 Å². The maximum atomic E-state index is 4.04. The molecule has 1 saturated heterocycles. The van der Waals surface area contributed by atoms with E-state index in [1.165, 1.54) is 32.5 Å². The molecule has 0 spiro atoms. The van der Waals surface area contributed by atoms with Crippen molar-refractivity contribution in [1.29, 1.82) is 0 Å². The lowest BCUT2D eigenvalue weighted by Crippen LogP contribution is -2.43. The van der Waals surface area contributed by atoms with Crippen molar-refractivity contribution in [3.8, 4) is 0 Å². The fourth-order valence-electron chi connectivity index (χ4n) is 5.76. The highest BCUT2D eigenvalue weighted by Crippen LogP contribution is 2.65. The molecule has 5 unspecified atom stereocenters. The standard InChI is InChI=1S/C17H30N2/c1-3-19-8-6-12(7-9-19)11(2)18-17-15-13-4-5-14(10-13)16(15)17/h11-18H,3-10H2,1-2H3. The van der Waals surface area contributed by atoms with Gasteiger partial charge in [0.25, 0.3) is 0 Å². The topological polar surface area (TPSA) is 15.3 Å². The second kappa shape index (κ2) is 4.73. The molecule has 1 N–H and O–H groups in total. The second-order valence-electron chi connectivity index (χ2n) is 7.74. The van der Waals surface area contributed by atoms with Crippen molar-refractivity contribution in [2.24, 2.45) is 29.6 Å². The SMILES string of the molecule is CCN1CCC(C(C)NC2C3C4CCC(C4)C23)CC1. The first-order valence-electron chi connectivity index (χ1n) is 8.76. The van der Waals surface area contributed by atoms with Crippen LogP contribution in [0.15, 0.2) is 0 Å². The Kier molecular flexibility index (Phi) is 3.15. The Labute approximate surface area is 118 Å². The summed E-state index contributed by atoms with van der Waals surface area (Å²) < 4.78 is 0. The van der Waals surface area contributed by atoms with Crippen LogP contribution in [-0.4, -0.2) is 36.6 Å². The summed E-state index contributed by atoms with van der Waals surface area (Å²) in [6.07, 6.45) is 7.51. The molecule has 2 bridgehead atoms. The van der Waals surface area contributed by atoms with E-state index in [4.69, 9.17) is 0 Å². The summed E-state index contributed by atoms with van der Waals surface area (Å²) >= 11 is 0. The van der Waals surface area contributed by atoms with Crippen molar-refractivity contribution in [2.45, 2.75) is 58.0 Å². The van der Waals surface area contributed by atoms with Gasteiger partial charge in [0.15, 0.2) is 0 Å². The average Bonchev–Trinajstić information content (AvgIpc) is 2.85. The van der Waals surface area contributed by atoms with E-state index in [0.29, 0.717) is 0 Å². The van der Waals surface area contributed by atoms with Crippen LogP contribution >= 0.6 is 0 Å². The van der Waals surface area contributed by atoms with E-state index in [1.54, 1.807) is 19.3 Å². The number of rotatable bonds is 4. The Balaban J connectivity index is 1.28. The Bertz CT molecular complexity index is 318. The normalized spacial score (nSPS) is 47.4. The van der Waals surface area contributed by atoms with Crippen LogP contribution in [0.2, 0.25) is 0 Å². The molecule has 0 aromatic carbocycles. The molecule has 4 rings (SSSR count). The third-order valence-electron chi connectivity index (χ3n) is 6.98. The number of nitrogens with zero attached hydrogens (tertiary/aromatic N) is 1. The van der Waals surface area contributed by atoms with Gasteiger partial charge in [0, 0.05) is 12.1 Å². The summed E-state index contributed by atoms with van der Waals surface area (Å²) in [5.74, 6) is 5.35. The smallest absolute Gasteiger partial charge is 0.0138 e. The van der Waals surface area contributed by atoms with E-state index in [-0.39, 0.29) is 0 Å². The van der Waals surface area contributed by atoms with Crippen LogP contribution in [-0.2, 0) is 0 Å². The zero-order valence-electron chi connectivity index (χ0n) is 12.6. The first kappa shape index (κ1) is 12.6. The van der Waals surface area contributed by atoms with E-state index in [1.807, 2.05) is 0 Å². The maximum absolute atomic E-state index is 4.04. The van der Waals surface area contributed by atoms with Crippen molar-refractivity contribution in [1.82, 2.24) is 10.2 Å². The molecule has 0 amide bonds. The van der Waals surface area contributed by atoms with Crippen LogP contribution in [0.4, 0.5) is 0 Å². The molecule has 0 aromatic rings. The lowest BCUT2D eigenvalue weighted by atomic mass is 9.90. The van der Waals surface area contributed by atoms with Gasteiger partial charge in [-0.25, -0.2) is 0 Å². The molecule has 3 aliphatic carbocycles. The third kappa shape index (κ3) is 2.06. The summed E-state index contributed by atoms with van der Waals surface area (Å²) in [6, 6.07) is 1.68. The average molecular weight is 262 g/mol. The molecule has 108 valence electrons. The zero-order chi connectivity index (χ0) is 13.0. The summed E-state index contributed by atoms with van der Waals surface area (Å²) in [5.41, 5.74) is 0. The molecular formula is C17H30N2. The van der Waals surface area contributed by atoms with Crippen LogP contribution in [0, 0.1) is 29.6 Å². The Morgan fingerprint density at radius 2 is 1.68 bits per heavy atom. The molecule has 0 aromatic heterocycles. The lowest BCUT2D eigenvalue weighted by molar-refractivity contribution is 0.166. The minimum atomic E-state index is 0.758. The lowest BCUT2D eigenvalue weighted by Gasteiger charge is -2.35. The number of nitrogens with one attached hydrogen (secondary N) is 1. The second-order valence-corrected chi connectivity index (χ2v) is 7.74. The Morgan fingerprint density at radius 3 is 2.26 bits per heavy atom. The number of piperidine rings is 1. The van der Waals surface area contributed by atoms with Gasteiger partial charge in [0.05, 0.1) is 0 Å². The minimum absolute atomic E-state index is 0.758. The summed E-state index contributed by atoms with van der Waals surface area (Å²) in [5, 5.41) is 4.04. The van der Waals surface area contributed by atoms with Gasteiger partial charge in [-0.2, -0.15) is 0 Å². The van der Waals surface area contributed by atoms with Gasteiger partial charge < -0.3 is 10.2 Å². The van der Waals surface area contributed by atoms with E-state index < -0.39 is 0 Å². The quantitative estimate of drug-likeness (QED) is 0.838. The highest BCUT2D eigenvalue weighted by Gasteiger charge is 2.64. The molecule has 19 heavy (non-hydrogen) atoms. The van der Waals surface area contributed by atoms with Crippen LogP contribution in [0.1, 0.15) is 46.0 Å². The molecule has 1 heterocycles. The van der Waals surface area contributed by atoms with Gasteiger partial charge in [0.1, 0.15) is 0 Å². The van der Waals surface area contributed by atoms with Crippen molar-refractivity contribution in [3.63, 3.8) is 0 Å². The van der Waals surface area contributed by atoms with Crippen LogP contribution < -0.4 is 5.32 Å². The van der Waals surface area contributed by atoms with Gasteiger partial charge >= 0.3 is 0 Å². The molecule has 0 radical (unpaired) electrons. The molecule has 2 heteroatoms. The van der Waals surface area contributed by atoms with Crippen molar-refractivity contribution >= 4 is 0 Å². The van der Waals surface area contributed by atoms with E-state index in [9.17, 15) is 0 Å². The molecular weight excluding hydrogens is 232 g/mol. The van der Waals surface area contributed by atoms with E-state index >= 15 is 0 Å². The Hall–Kier alpha value is -0.0800. The minimum Gasteiger partial charge on any atom is -0.311 e.